The molecule has 2 rings (SSSR count). The molecule has 1 aromatic rings. The molecule has 24 heavy (non-hydrogen) atoms. The molecule has 0 saturated carbocycles. The van der Waals surface area contributed by atoms with E-state index in [1.165, 1.54) is 0 Å². The number of nitrogens with one attached hydrogen (secondary N) is 2. The zero-order valence-corrected chi connectivity index (χ0v) is 15.0. The van der Waals surface area contributed by atoms with Crippen molar-refractivity contribution in [2.75, 3.05) is 33.8 Å². The van der Waals surface area contributed by atoms with Crippen LogP contribution in [0.3, 0.4) is 0 Å². The van der Waals surface area contributed by atoms with Crippen molar-refractivity contribution >= 4 is 24.2 Å². The van der Waals surface area contributed by atoms with Gasteiger partial charge >= 0.3 is 0 Å². The fourth-order valence-corrected chi connectivity index (χ4v) is 2.84. The van der Waals surface area contributed by atoms with E-state index in [0.717, 1.165) is 24.2 Å². The van der Waals surface area contributed by atoms with E-state index < -0.39 is 0 Å². The molecule has 1 aromatic carbocycles. The smallest absolute Gasteiger partial charge is 0.234 e. The summed E-state index contributed by atoms with van der Waals surface area (Å²) in [7, 11) is 3.36. The first-order chi connectivity index (χ1) is 11.1. The average Bonchev–Trinajstić information content (AvgIpc) is 2.56. The van der Waals surface area contributed by atoms with E-state index in [2.05, 4.69) is 10.6 Å². The molecule has 0 bridgehead atoms. The summed E-state index contributed by atoms with van der Waals surface area (Å²) < 4.78 is 5.29. The molecule has 6 nitrogen and oxygen atoms in total. The molecule has 134 valence electrons. The molecular formula is C17H26ClN3O3. The van der Waals surface area contributed by atoms with Gasteiger partial charge in [-0.1, -0.05) is 18.2 Å². The molecule has 0 spiro atoms. The molecule has 1 saturated heterocycles. The van der Waals surface area contributed by atoms with Gasteiger partial charge in [0.2, 0.25) is 11.8 Å². The Labute approximate surface area is 149 Å². The maximum absolute atomic E-state index is 12.4. The first-order valence-electron chi connectivity index (χ1n) is 7.97. The number of piperidine rings is 1. The summed E-state index contributed by atoms with van der Waals surface area (Å²) in [5.41, 5.74) is 0.907. The number of hydrogen-bond acceptors (Lipinski definition) is 4. The van der Waals surface area contributed by atoms with E-state index in [1.54, 1.807) is 14.2 Å². The number of amides is 2. The molecule has 1 heterocycles. The van der Waals surface area contributed by atoms with Gasteiger partial charge in [0.25, 0.3) is 0 Å². The van der Waals surface area contributed by atoms with Crippen LogP contribution < -0.4 is 15.4 Å². The van der Waals surface area contributed by atoms with Crippen LogP contribution in [0.5, 0.6) is 5.75 Å². The Kier molecular flexibility index (Phi) is 8.57. The summed E-state index contributed by atoms with van der Waals surface area (Å²) in [5.74, 6) is 0.857. The van der Waals surface area contributed by atoms with Crippen LogP contribution in [0.4, 0.5) is 0 Å². The quantitative estimate of drug-likeness (QED) is 0.798. The highest BCUT2D eigenvalue weighted by atomic mass is 35.5. The third-order valence-corrected chi connectivity index (χ3v) is 4.08. The van der Waals surface area contributed by atoms with Gasteiger partial charge in [0, 0.05) is 24.7 Å². The van der Waals surface area contributed by atoms with Crippen molar-refractivity contribution in [1.29, 1.82) is 0 Å². The number of halogens is 1. The first-order valence-corrected chi connectivity index (χ1v) is 7.97. The molecule has 0 aromatic heterocycles. The van der Waals surface area contributed by atoms with Crippen LogP contribution in [-0.4, -0.2) is 56.5 Å². The van der Waals surface area contributed by atoms with Crippen LogP contribution >= 0.6 is 12.4 Å². The Balaban J connectivity index is 0.00000288. The molecule has 1 aliphatic heterocycles. The lowest BCUT2D eigenvalue weighted by Crippen LogP contribution is -2.48. The molecule has 2 N–H and O–H groups in total. The van der Waals surface area contributed by atoms with Crippen LogP contribution in [0.25, 0.3) is 0 Å². The SMILES string of the molecule is CNCC(=O)NC1CCN(C(=O)Cc2ccccc2OC)CC1.Cl. The highest BCUT2D eigenvalue weighted by molar-refractivity contribution is 5.85. The van der Waals surface area contributed by atoms with Crippen LogP contribution in [-0.2, 0) is 16.0 Å². The van der Waals surface area contributed by atoms with Gasteiger partial charge in [-0.2, -0.15) is 0 Å². The van der Waals surface area contributed by atoms with Gasteiger partial charge in [-0.3, -0.25) is 9.59 Å². The number of ether oxygens (including phenoxy) is 1. The van der Waals surface area contributed by atoms with Crippen molar-refractivity contribution in [1.82, 2.24) is 15.5 Å². The van der Waals surface area contributed by atoms with Crippen molar-refractivity contribution < 1.29 is 14.3 Å². The molecule has 0 radical (unpaired) electrons. The Morgan fingerprint density at radius 1 is 1.25 bits per heavy atom. The van der Waals surface area contributed by atoms with Gasteiger partial charge in [0.05, 0.1) is 20.1 Å². The molecule has 0 atom stereocenters. The fraction of sp³-hybridized carbons (Fsp3) is 0.529. The second-order valence-corrected chi connectivity index (χ2v) is 5.74. The third kappa shape index (κ3) is 5.69. The highest BCUT2D eigenvalue weighted by Crippen LogP contribution is 2.19. The Hall–Kier alpha value is -1.79. The van der Waals surface area contributed by atoms with Gasteiger partial charge < -0.3 is 20.3 Å². The molecule has 0 unspecified atom stereocenters. The van der Waals surface area contributed by atoms with Crippen molar-refractivity contribution in [3.63, 3.8) is 0 Å². The summed E-state index contributed by atoms with van der Waals surface area (Å²) in [6.45, 7) is 1.68. The van der Waals surface area contributed by atoms with Crippen molar-refractivity contribution in [2.45, 2.75) is 25.3 Å². The average molecular weight is 356 g/mol. The number of nitrogens with zero attached hydrogens (tertiary/aromatic N) is 1. The van der Waals surface area contributed by atoms with Gasteiger partial charge in [0.1, 0.15) is 5.75 Å². The number of likely N-dealkylation sites (tertiary alicyclic amines) is 1. The van der Waals surface area contributed by atoms with Crippen molar-refractivity contribution in [3.05, 3.63) is 29.8 Å². The summed E-state index contributed by atoms with van der Waals surface area (Å²) in [5, 5.41) is 5.82. The Morgan fingerprint density at radius 2 is 1.92 bits per heavy atom. The minimum Gasteiger partial charge on any atom is -0.496 e. The lowest BCUT2D eigenvalue weighted by atomic mass is 10.0. The summed E-state index contributed by atoms with van der Waals surface area (Å²) >= 11 is 0. The van der Waals surface area contributed by atoms with Gasteiger partial charge in [-0.25, -0.2) is 0 Å². The predicted octanol–water partition coefficient (Wildman–Crippen LogP) is 0.986. The second kappa shape index (κ2) is 10.2. The van der Waals surface area contributed by atoms with Crippen LogP contribution in [0.15, 0.2) is 24.3 Å². The van der Waals surface area contributed by atoms with Gasteiger partial charge in [-0.05, 0) is 26.0 Å². The standard InChI is InChI=1S/C17H25N3O3.ClH/c1-18-12-16(21)19-14-7-9-20(10-8-14)17(22)11-13-5-3-4-6-15(13)23-2;/h3-6,14,18H,7-12H2,1-2H3,(H,19,21);1H. The van der Waals surface area contributed by atoms with Crippen LogP contribution in [0, 0.1) is 0 Å². The predicted molar refractivity (Wildman–Crippen MR) is 95.6 cm³/mol. The number of carbonyl (C=O) groups is 2. The number of para-hydroxylation sites is 1. The normalized spacial score (nSPS) is 14.7. The highest BCUT2D eigenvalue weighted by Gasteiger charge is 2.24. The molecule has 7 heteroatoms. The minimum atomic E-state index is 0. The maximum atomic E-state index is 12.4. The van der Waals surface area contributed by atoms with Crippen LogP contribution in [0.2, 0.25) is 0 Å². The molecule has 1 fully saturated rings. The second-order valence-electron chi connectivity index (χ2n) is 5.74. The lowest BCUT2D eigenvalue weighted by molar-refractivity contribution is -0.131. The lowest BCUT2D eigenvalue weighted by Gasteiger charge is -2.32. The number of methoxy groups -OCH3 is 1. The van der Waals surface area contributed by atoms with E-state index in [1.807, 2.05) is 29.2 Å². The molecular weight excluding hydrogens is 330 g/mol. The number of carbonyl (C=O) groups excluding carboxylic acids is 2. The van der Waals surface area contributed by atoms with Crippen LogP contribution in [0.1, 0.15) is 18.4 Å². The number of hydrogen-bond donors (Lipinski definition) is 2. The van der Waals surface area contributed by atoms with Crippen molar-refractivity contribution in [2.24, 2.45) is 0 Å². The van der Waals surface area contributed by atoms with E-state index in [4.69, 9.17) is 4.74 Å². The number of likely N-dealkylation sites (N-methyl/N-ethyl adjacent to an activating group) is 1. The van der Waals surface area contributed by atoms with E-state index in [9.17, 15) is 9.59 Å². The summed E-state index contributed by atoms with van der Waals surface area (Å²) in [6.07, 6.45) is 1.95. The molecule has 1 aliphatic rings. The fourth-order valence-electron chi connectivity index (χ4n) is 2.84. The minimum absolute atomic E-state index is 0. The third-order valence-electron chi connectivity index (χ3n) is 4.08. The Morgan fingerprint density at radius 3 is 2.54 bits per heavy atom. The maximum Gasteiger partial charge on any atom is 0.234 e. The topological polar surface area (TPSA) is 70.7 Å². The van der Waals surface area contributed by atoms with E-state index in [0.29, 0.717) is 26.1 Å². The molecule has 2 amide bonds. The van der Waals surface area contributed by atoms with Crippen molar-refractivity contribution in [3.8, 4) is 5.75 Å². The zero-order chi connectivity index (χ0) is 16.7. The van der Waals surface area contributed by atoms with Gasteiger partial charge in [0.15, 0.2) is 0 Å². The Bertz CT molecular complexity index is 546. The molecule has 0 aliphatic carbocycles. The largest absolute Gasteiger partial charge is 0.496 e. The van der Waals surface area contributed by atoms with Gasteiger partial charge in [-0.15, -0.1) is 12.4 Å². The monoisotopic (exact) mass is 355 g/mol. The number of rotatable bonds is 6. The first kappa shape index (κ1) is 20.3. The van der Waals surface area contributed by atoms with E-state index >= 15 is 0 Å². The zero-order valence-electron chi connectivity index (χ0n) is 14.2. The van der Waals surface area contributed by atoms with E-state index in [-0.39, 0.29) is 30.3 Å². The summed E-state index contributed by atoms with van der Waals surface area (Å²) in [4.78, 5) is 25.9. The summed E-state index contributed by atoms with van der Waals surface area (Å²) in [6, 6.07) is 7.75. The number of benzene rings is 1.